The molecule has 21 heavy (non-hydrogen) atoms. The van der Waals surface area contributed by atoms with Crippen molar-refractivity contribution in [2.45, 2.75) is 49.7 Å². The molecule has 1 rings (SSSR count). The fourth-order valence-corrected chi connectivity index (χ4v) is 4.83. The minimum Gasteiger partial charge on any atom is -0.398 e. The van der Waals surface area contributed by atoms with E-state index in [1.807, 2.05) is 0 Å². The average Bonchev–Trinajstić information content (AvgIpc) is 2.89. The SMILES string of the molecule is CCCCCCCN(CCCO)S(=O)(=O)c1cc(N)cs1. The number of rotatable bonds is 11. The maximum atomic E-state index is 12.6. The number of aliphatic hydroxyl groups excluding tert-OH is 1. The van der Waals surface area contributed by atoms with Gasteiger partial charge in [0.1, 0.15) is 4.21 Å². The molecule has 0 fully saturated rings. The minimum atomic E-state index is -3.48. The Hall–Kier alpha value is -0.630. The van der Waals surface area contributed by atoms with E-state index in [-0.39, 0.29) is 10.8 Å². The highest BCUT2D eigenvalue weighted by Gasteiger charge is 2.25. The summed E-state index contributed by atoms with van der Waals surface area (Å²) in [5, 5.41) is 10.6. The third kappa shape index (κ3) is 5.94. The molecule has 1 aromatic rings. The number of hydrogen-bond acceptors (Lipinski definition) is 5. The monoisotopic (exact) mass is 334 g/mol. The van der Waals surface area contributed by atoms with Crippen molar-refractivity contribution < 1.29 is 13.5 Å². The number of nitrogen functional groups attached to an aromatic ring is 1. The van der Waals surface area contributed by atoms with Crippen molar-refractivity contribution in [1.82, 2.24) is 4.31 Å². The fourth-order valence-electron chi connectivity index (χ4n) is 2.08. The average molecular weight is 335 g/mol. The number of nitrogens with zero attached hydrogens (tertiary/aromatic N) is 1. The molecule has 1 aromatic heterocycles. The highest BCUT2D eigenvalue weighted by molar-refractivity contribution is 7.91. The summed E-state index contributed by atoms with van der Waals surface area (Å²) in [6.45, 7) is 3.00. The highest BCUT2D eigenvalue weighted by Crippen LogP contribution is 2.25. The normalized spacial score (nSPS) is 12.1. The minimum absolute atomic E-state index is 0.00552. The molecule has 0 aliphatic carbocycles. The predicted octanol–water partition coefficient (Wildman–Crippen LogP) is 2.67. The molecular weight excluding hydrogens is 308 g/mol. The molecule has 122 valence electrons. The summed E-state index contributed by atoms with van der Waals surface area (Å²) in [4.78, 5) is 0. The first-order chi connectivity index (χ1) is 10.0. The van der Waals surface area contributed by atoms with E-state index in [4.69, 9.17) is 10.8 Å². The maximum Gasteiger partial charge on any atom is 0.252 e. The van der Waals surface area contributed by atoms with Gasteiger partial charge in [-0.15, -0.1) is 11.3 Å². The van der Waals surface area contributed by atoms with Crippen LogP contribution in [-0.4, -0.2) is 37.5 Å². The lowest BCUT2D eigenvalue weighted by atomic mass is 10.1. The Morgan fingerprint density at radius 2 is 1.86 bits per heavy atom. The summed E-state index contributed by atoms with van der Waals surface area (Å²) in [6, 6.07) is 1.50. The Morgan fingerprint density at radius 3 is 2.43 bits per heavy atom. The summed E-state index contributed by atoms with van der Waals surface area (Å²) in [7, 11) is -3.48. The zero-order valence-electron chi connectivity index (χ0n) is 12.6. The molecule has 1 heterocycles. The van der Waals surface area contributed by atoms with Crippen LogP contribution in [0.2, 0.25) is 0 Å². The van der Waals surface area contributed by atoms with Crippen LogP contribution in [0.3, 0.4) is 0 Å². The summed E-state index contributed by atoms with van der Waals surface area (Å²) in [5.41, 5.74) is 6.09. The number of thiophene rings is 1. The Morgan fingerprint density at radius 1 is 1.19 bits per heavy atom. The summed E-state index contributed by atoms with van der Waals surface area (Å²) < 4.78 is 26.9. The quantitative estimate of drug-likeness (QED) is 0.609. The largest absolute Gasteiger partial charge is 0.398 e. The van der Waals surface area contributed by atoms with Gasteiger partial charge in [0.05, 0.1) is 0 Å². The molecule has 0 amide bonds. The summed E-state index contributed by atoms with van der Waals surface area (Å²) in [6.07, 6.45) is 5.83. The molecule has 0 unspecified atom stereocenters. The van der Waals surface area contributed by atoms with Crippen LogP contribution in [-0.2, 0) is 10.0 Å². The van der Waals surface area contributed by atoms with Crippen molar-refractivity contribution in [3.05, 3.63) is 11.4 Å². The number of hydrogen-bond donors (Lipinski definition) is 2. The molecule has 0 saturated heterocycles. The zero-order valence-corrected chi connectivity index (χ0v) is 14.3. The van der Waals surface area contributed by atoms with Gasteiger partial charge in [-0.2, -0.15) is 4.31 Å². The van der Waals surface area contributed by atoms with Gasteiger partial charge in [0.25, 0.3) is 10.0 Å². The first-order valence-electron chi connectivity index (χ1n) is 7.47. The van der Waals surface area contributed by atoms with E-state index < -0.39 is 10.0 Å². The Labute approximate surface area is 131 Å². The molecule has 0 atom stereocenters. The maximum absolute atomic E-state index is 12.6. The van der Waals surface area contributed by atoms with E-state index in [0.29, 0.717) is 25.2 Å². The first-order valence-corrected chi connectivity index (χ1v) is 9.79. The van der Waals surface area contributed by atoms with E-state index >= 15 is 0 Å². The third-order valence-electron chi connectivity index (χ3n) is 3.27. The zero-order chi connectivity index (χ0) is 15.7. The van der Waals surface area contributed by atoms with Crippen LogP contribution in [0.15, 0.2) is 15.7 Å². The molecule has 0 bridgehead atoms. The molecule has 0 spiro atoms. The molecule has 0 aliphatic rings. The molecule has 0 aromatic carbocycles. The Bertz CT molecular complexity index is 500. The lowest BCUT2D eigenvalue weighted by Crippen LogP contribution is -2.33. The standard InChI is InChI=1S/C14H26N2O3S2/c1-2-3-4-5-6-8-16(9-7-10-17)21(18,19)14-11-13(15)12-20-14/h11-12,17H,2-10,15H2,1H3. The Kier molecular flexibility index (Phi) is 8.24. The lowest BCUT2D eigenvalue weighted by Gasteiger charge is -2.21. The topological polar surface area (TPSA) is 83.6 Å². The second kappa shape index (κ2) is 9.40. The van der Waals surface area contributed by atoms with Gasteiger partial charge in [-0.1, -0.05) is 32.6 Å². The lowest BCUT2D eigenvalue weighted by molar-refractivity contribution is 0.268. The van der Waals surface area contributed by atoms with E-state index in [9.17, 15) is 8.42 Å². The van der Waals surface area contributed by atoms with Gasteiger partial charge in [-0.3, -0.25) is 0 Å². The molecular formula is C14H26N2O3S2. The van der Waals surface area contributed by atoms with Crippen molar-refractivity contribution in [2.24, 2.45) is 0 Å². The Balaban J connectivity index is 2.67. The van der Waals surface area contributed by atoms with Crippen molar-refractivity contribution in [3.63, 3.8) is 0 Å². The van der Waals surface area contributed by atoms with Gasteiger partial charge in [-0.25, -0.2) is 8.42 Å². The van der Waals surface area contributed by atoms with Crippen LogP contribution < -0.4 is 5.73 Å². The van der Waals surface area contributed by atoms with E-state index in [1.165, 1.54) is 23.2 Å². The van der Waals surface area contributed by atoms with Gasteiger partial charge < -0.3 is 10.8 Å². The number of anilines is 1. The number of aliphatic hydroxyl groups is 1. The second-order valence-corrected chi connectivity index (χ2v) is 8.17. The predicted molar refractivity (Wildman–Crippen MR) is 88.0 cm³/mol. The van der Waals surface area contributed by atoms with Gasteiger partial charge in [0.15, 0.2) is 0 Å². The van der Waals surface area contributed by atoms with Gasteiger partial charge in [0.2, 0.25) is 0 Å². The third-order valence-corrected chi connectivity index (χ3v) is 6.60. The molecule has 3 N–H and O–H groups in total. The first kappa shape index (κ1) is 18.4. The van der Waals surface area contributed by atoms with Crippen LogP contribution in [0.1, 0.15) is 45.4 Å². The smallest absolute Gasteiger partial charge is 0.252 e. The molecule has 0 saturated carbocycles. The van der Waals surface area contributed by atoms with Crippen LogP contribution in [0.5, 0.6) is 0 Å². The van der Waals surface area contributed by atoms with Crippen molar-refractivity contribution >= 4 is 27.0 Å². The van der Waals surface area contributed by atoms with Crippen molar-refractivity contribution in [1.29, 1.82) is 0 Å². The van der Waals surface area contributed by atoms with Gasteiger partial charge in [-0.05, 0) is 18.9 Å². The van der Waals surface area contributed by atoms with Crippen molar-refractivity contribution in [3.8, 4) is 0 Å². The van der Waals surface area contributed by atoms with Crippen LogP contribution in [0, 0.1) is 0 Å². The van der Waals surface area contributed by atoms with E-state index in [2.05, 4.69) is 6.92 Å². The van der Waals surface area contributed by atoms with E-state index in [1.54, 1.807) is 5.38 Å². The van der Waals surface area contributed by atoms with Crippen molar-refractivity contribution in [2.75, 3.05) is 25.4 Å². The fraction of sp³-hybridized carbons (Fsp3) is 0.714. The molecule has 0 aliphatic heterocycles. The molecule has 7 heteroatoms. The van der Waals surface area contributed by atoms with E-state index in [0.717, 1.165) is 30.6 Å². The van der Waals surface area contributed by atoms with Crippen LogP contribution in [0.25, 0.3) is 0 Å². The van der Waals surface area contributed by atoms with Crippen LogP contribution in [0.4, 0.5) is 5.69 Å². The summed E-state index contributed by atoms with van der Waals surface area (Å²) in [5.74, 6) is 0. The van der Waals surface area contributed by atoms with Gasteiger partial charge >= 0.3 is 0 Å². The number of sulfonamides is 1. The van der Waals surface area contributed by atoms with Crippen LogP contribution >= 0.6 is 11.3 Å². The summed E-state index contributed by atoms with van der Waals surface area (Å²) >= 11 is 1.15. The highest BCUT2D eigenvalue weighted by atomic mass is 32.2. The molecule has 5 nitrogen and oxygen atoms in total. The molecule has 0 radical (unpaired) electrons. The van der Waals surface area contributed by atoms with Gasteiger partial charge in [0, 0.05) is 30.8 Å². The number of nitrogens with two attached hydrogens (primary N) is 1. The number of unbranched alkanes of at least 4 members (excludes halogenated alkanes) is 4. The second-order valence-electron chi connectivity index (χ2n) is 5.09.